The minimum atomic E-state index is -1.35. The molecular formula is C29H31FN2O6S. The molecule has 1 fully saturated rings. The average molecular weight is 555 g/mol. The number of thiazole rings is 1. The molecule has 1 aromatic heterocycles. The molecule has 0 saturated carbocycles. The minimum absolute atomic E-state index is 0.0188. The van der Waals surface area contributed by atoms with Gasteiger partial charge in [0.25, 0.3) is 0 Å². The maximum absolute atomic E-state index is 14.4. The van der Waals surface area contributed by atoms with Crippen molar-refractivity contribution < 1.29 is 33.3 Å². The summed E-state index contributed by atoms with van der Waals surface area (Å²) >= 11 is 1.37. The third kappa shape index (κ3) is 6.39. The summed E-state index contributed by atoms with van der Waals surface area (Å²) in [6, 6.07) is 7.48. The number of ether oxygens (including phenoxy) is 3. The molecule has 206 valence electrons. The SMILES string of the molecule is C[C@]1(CC(=O)Nc2nccs2)CCCc2cc(OCC3CCCCO3)c(Oc3ccc(C(=O)O)c(F)c3)cc21. The molecule has 1 aliphatic carbocycles. The Bertz CT molecular complexity index is 1340. The van der Waals surface area contributed by atoms with Crippen LogP contribution in [0.2, 0.25) is 0 Å². The summed E-state index contributed by atoms with van der Waals surface area (Å²) in [7, 11) is 0. The van der Waals surface area contributed by atoms with Crippen LogP contribution in [-0.4, -0.2) is 41.3 Å². The number of carboxylic acids is 1. The fourth-order valence-electron chi connectivity index (χ4n) is 5.33. The molecule has 1 aliphatic heterocycles. The Morgan fingerprint density at radius 2 is 2.10 bits per heavy atom. The summed E-state index contributed by atoms with van der Waals surface area (Å²) in [5, 5.41) is 14.4. The third-order valence-electron chi connectivity index (χ3n) is 7.32. The molecule has 2 aliphatic rings. The van der Waals surface area contributed by atoms with Crippen LogP contribution in [0.15, 0.2) is 41.9 Å². The number of carbonyl (C=O) groups excluding carboxylic acids is 1. The van der Waals surface area contributed by atoms with Crippen LogP contribution in [0.1, 0.15) is 66.9 Å². The van der Waals surface area contributed by atoms with Gasteiger partial charge < -0.3 is 24.6 Å². The van der Waals surface area contributed by atoms with E-state index in [9.17, 15) is 19.1 Å². The van der Waals surface area contributed by atoms with E-state index < -0.39 is 22.8 Å². The number of aromatic nitrogens is 1. The van der Waals surface area contributed by atoms with Crippen molar-refractivity contribution in [2.45, 2.75) is 63.4 Å². The lowest BCUT2D eigenvalue weighted by atomic mass is 9.69. The van der Waals surface area contributed by atoms with Crippen LogP contribution in [0.4, 0.5) is 9.52 Å². The van der Waals surface area contributed by atoms with Crippen molar-refractivity contribution >= 4 is 28.3 Å². The van der Waals surface area contributed by atoms with Gasteiger partial charge in [-0.25, -0.2) is 14.2 Å². The lowest BCUT2D eigenvalue weighted by Crippen LogP contribution is -2.32. The maximum Gasteiger partial charge on any atom is 0.338 e. The predicted molar refractivity (Wildman–Crippen MR) is 145 cm³/mol. The topological polar surface area (TPSA) is 107 Å². The van der Waals surface area contributed by atoms with E-state index in [2.05, 4.69) is 17.2 Å². The number of hydrogen-bond acceptors (Lipinski definition) is 7. The first-order chi connectivity index (χ1) is 18.8. The van der Waals surface area contributed by atoms with Gasteiger partial charge >= 0.3 is 5.97 Å². The molecule has 2 atom stereocenters. The molecular weight excluding hydrogens is 523 g/mol. The number of benzene rings is 2. The molecule has 5 rings (SSSR count). The summed E-state index contributed by atoms with van der Waals surface area (Å²) < 4.78 is 32.6. The summed E-state index contributed by atoms with van der Waals surface area (Å²) in [6.45, 7) is 3.13. The first-order valence-electron chi connectivity index (χ1n) is 13.1. The average Bonchev–Trinajstić information content (AvgIpc) is 3.41. The van der Waals surface area contributed by atoms with Crippen LogP contribution in [0.5, 0.6) is 17.2 Å². The van der Waals surface area contributed by atoms with Crippen molar-refractivity contribution in [1.29, 1.82) is 0 Å². The molecule has 1 amide bonds. The molecule has 39 heavy (non-hydrogen) atoms. The number of nitrogens with zero attached hydrogens (tertiary/aromatic N) is 1. The second-order valence-electron chi connectivity index (χ2n) is 10.3. The first-order valence-corrected chi connectivity index (χ1v) is 14.0. The van der Waals surface area contributed by atoms with E-state index in [0.29, 0.717) is 29.8 Å². The maximum atomic E-state index is 14.4. The summed E-state index contributed by atoms with van der Waals surface area (Å²) in [5.74, 6) is -1.34. The predicted octanol–water partition coefficient (Wildman–Crippen LogP) is 6.34. The number of halogens is 1. The van der Waals surface area contributed by atoms with Crippen molar-refractivity contribution in [1.82, 2.24) is 4.98 Å². The molecule has 0 spiro atoms. The van der Waals surface area contributed by atoms with E-state index in [4.69, 9.17) is 14.2 Å². The van der Waals surface area contributed by atoms with Gasteiger partial charge in [-0.05, 0) is 73.9 Å². The summed E-state index contributed by atoms with van der Waals surface area (Å²) in [6.07, 6.45) is 7.48. The van der Waals surface area contributed by atoms with Gasteiger partial charge in [0.15, 0.2) is 16.6 Å². The van der Waals surface area contributed by atoms with Crippen molar-refractivity contribution in [3.63, 3.8) is 0 Å². The smallest absolute Gasteiger partial charge is 0.338 e. The number of aryl methyl sites for hydroxylation is 1. The van der Waals surface area contributed by atoms with Gasteiger partial charge in [-0.15, -0.1) is 11.3 Å². The van der Waals surface area contributed by atoms with Crippen LogP contribution in [-0.2, 0) is 21.4 Å². The largest absolute Gasteiger partial charge is 0.487 e. The second kappa shape index (κ2) is 11.7. The third-order valence-corrected chi connectivity index (χ3v) is 8.01. The molecule has 2 aromatic carbocycles. The van der Waals surface area contributed by atoms with Crippen molar-refractivity contribution in [2.75, 3.05) is 18.5 Å². The second-order valence-corrected chi connectivity index (χ2v) is 11.2. The Labute approximate surface area is 230 Å². The van der Waals surface area contributed by atoms with Crippen LogP contribution in [0.3, 0.4) is 0 Å². The Hall–Kier alpha value is -3.50. The molecule has 0 radical (unpaired) electrons. The van der Waals surface area contributed by atoms with Crippen LogP contribution >= 0.6 is 11.3 Å². The van der Waals surface area contributed by atoms with Gasteiger partial charge in [0, 0.05) is 36.1 Å². The number of nitrogens with one attached hydrogen (secondary N) is 1. The minimum Gasteiger partial charge on any atom is -0.487 e. The first kappa shape index (κ1) is 27.1. The fraction of sp³-hybridized carbons (Fsp3) is 0.414. The highest BCUT2D eigenvalue weighted by atomic mass is 32.1. The van der Waals surface area contributed by atoms with Crippen LogP contribution < -0.4 is 14.8 Å². The molecule has 8 nitrogen and oxygen atoms in total. The van der Waals surface area contributed by atoms with E-state index in [1.165, 1.54) is 23.5 Å². The Morgan fingerprint density at radius 3 is 2.82 bits per heavy atom. The normalized spacial score (nSPS) is 20.6. The molecule has 3 aromatic rings. The molecule has 2 N–H and O–H groups in total. The number of carboxylic acid groups (broad SMARTS) is 1. The van der Waals surface area contributed by atoms with Crippen molar-refractivity contribution in [3.05, 3.63) is 64.4 Å². The Morgan fingerprint density at radius 1 is 1.23 bits per heavy atom. The van der Waals surface area contributed by atoms with Crippen LogP contribution in [0.25, 0.3) is 0 Å². The number of anilines is 1. The zero-order chi connectivity index (χ0) is 27.4. The number of amides is 1. The molecule has 10 heteroatoms. The van der Waals surface area contributed by atoms with Gasteiger partial charge in [-0.3, -0.25) is 4.79 Å². The number of aromatic carboxylic acids is 1. The van der Waals surface area contributed by atoms with E-state index >= 15 is 0 Å². The van der Waals surface area contributed by atoms with Gasteiger partial charge in [0.2, 0.25) is 5.91 Å². The zero-order valence-corrected chi connectivity index (χ0v) is 22.5. The summed E-state index contributed by atoms with van der Waals surface area (Å²) in [5.41, 5.74) is 1.15. The monoisotopic (exact) mass is 554 g/mol. The lowest BCUT2D eigenvalue weighted by molar-refractivity contribution is -0.117. The van der Waals surface area contributed by atoms with E-state index in [1.54, 1.807) is 6.20 Å². The quantitative estimate of drug-likeness (QED) is 0.318. The van der Waals surface area contributed by atoms with E-state index in [-0.39, 0.29) is 24.2 Å². The van der Waals surface area contributed by atoms with Gasteiger partial charge in [-0.1, -0.05) is 6.92 Å². The van der Waals surface area contributed by atoms with E-state index in [1.807, 2.05) is 17.5 Å². The number of fused-ring (bicyclic) bond motifs is 1. The lowest BCUT2D eigenvalue weighted by Gasteiger charge is -2.36. The van der Waals surface area contributed by atoms with Crippen molar-refractivity contribution in [2.24, 2.45) is 0 Å². The Kier molecular flexibility index (Phi) is 8.13. The number of rotatable bonds is 9. The zero-order valence-electron chi connectivity index (χ0n) is 21.7. The molecule has 2 heterocycles. The standard InChI is InChI=1S/C29H31FN2O6S/c1-29(16-26(33)32-28-31-10-12-39-28)9-4-5-18-13-24(37-17-20-6-2-3-11-36-20)25(15-22(18)29)38-19-7-8-21(27(34)35)23(30)14-19/h7-8,10,12-15,20H,2-6,9,11,16-17H2,1H3,(H,34,35)(H,31,32,33)/t20?,29-/m1/s1. The molecule has 1 unspecified atom stereocenters. The molecule has 1 saturated heterocycles. The van der Waals surface area contributed by atoms with Gasteiger partial charge in [0.1, 0.15) is 18.2 Å². The summed E-state index contributed by atoms with van der Waals surface area (Å²) in [4.78, 5) is 28.3. The Balaban J connectivity index is 1.45. The highest BCUT2D eigenvalue weighted by Crippen LogP contribution is 2.45. The van der Waals surface area contributed by atoms with E-state index in [0.717, 1.165) is 55.7 Å². The van der Waals surface area contributed by atoms with Gasteiger partial charge in [0.05, 0.1) is 11.7 Å². The van der Waals surface area contributed by atoms with Crippen molar-refractivity contribution in [3.8, 4) is 17.2 Å². The fourth-order valence-corrected chi connectivity index (χ4v) is 5.88. The highest BCUT2D eigenvalue weighted by Gasteiger charge is 2.36. The number of carbonyl (C=O) groups is 2. The number of hydrogen-bond donors (Lipinski definition) is 2. The molecule has 0 bridgehead atoms. The van der Waals surface area contributed by atoms with Crippen LogP contribution in [0, 0.1) is 5.82 Å². The highest BCUT2D eigenvalue weighted by molar-refractivity contribution is 7.13. The van der Waals surface area contributed by atoms with Gasteiger partial charge in [-0.2, -0.15) is 0 Å².